The van der Waals surface area contributed by atoms with Gasteiger partial charge in [0, 0.05) is 17.8 Å². The number of hydrogen-bond acceptors (Lipinski definition) is 5. The minimum atomic E-state index is -0.489. The Morgan fingerprint density at radius 1 is 1.17 bits per heavy atom. The van der Waals surface area contributed by atoms with E-state index in [2.05, 4.69) is 15.8 Å². The number of benzene rings is 2. The van der Waals surface area contributed by atoms with Gasteiger partial charge in [0.05, 0.1) is 27.7 Å². The second-order valence-corrected chi connectivity index (χ2v) is 5.44. The van der Waals surface area contributed by atoms with E-state index < -0.39 is 4.92 Å². The number of halogens is 2. The van der Waals surface area contributed by atoms with E-state index in [0.29, 0.717) is 21.3 Å². The summed E-state index contributed by atoms with van der Waals surface area (Å²) in [6, 6.07) is 10.7. The number of nitrogens with zero attached hydrogens (tertiary/aromatic N) is 2. The fourth-order valence-electron chi connectivity index (χ4n) is 1.69. The topological polar surface area (TPSA) is 96.6 Å². The van der Waals surface area contributed by atoms with Crippen molar-refractivity contribution in [2.24, 2.45) is 5.10 Å². The number of non-ortho nitro benzene ring substituents is 1. The summed E-state index contributed by atoms with van der Waals surface area (Å²) in [5.41, 5.74) is 3.60. The maximum Gasteiger partial charge on any atom is 0.269 e. The minimum Gasteiger partial charge on any atom is -0.376 e. The zero-order chi connectivity index (χ0) is 17.5. The van der Waals surface area contributed by atoms with Gasteiger partial charge in [0.2, 0.25) is 0 Å². The van der Waals surface area contributed by atoms with E-state index in [1.54, 1.807) is 18.2 Å². The normalized spacial score (nSPS) is 10.6. The molecule has 0 bridgehead atoms. The summed E-state index contributed by atoms with van der Waals surface area (Å²) in [6.07, 6.45) is 1.39. The number of hydrazone groups is 1. The van der Waals surface area contributed by atoms with Crippen molar-refractivity contribution in [3.63, 3.8) is 0 Å². The van der Waals surface area contributed by atoms with Gasteiger partial charge in [-0.3, -0.25) is 14.9 Å². The molecule has 24 heavy (non-hydrogen) atoms. The van der Waals surface area contributed by atoms with Crippen molar-refractivity contribution >= 4 is 46.7 Å². The minimum absolute atomic E-state index is 0.00440. The highest BCUT2D eigenvalue weighted by atomic mass is 35.5. The fourth-order valence-corrected chi connectivity index (χ4v) is 1.99. The van der Waals surface area contributed by atoms with Gasteiger partial charge in [0.15, 0.2) is 0 Å². The molecule has 0 fully saturated rings. The van der Waals surface area contributed by atoms with Crippen LogP contribution in [0.1, 0.15) is 5.56 Å². The third-order valence-electron chi connectivity index (χ3n) is 2.88. The molecule has 0 spiro atoms. The molecule has 0 aliphatic rings. The Labute approximate surface area is 147 Å². The van der Waals surface area contributed by atoms with Crippen LogP contribution in [0.4, 0.5) is 11.4 Å². The van der Waals surface area contributed by atoms with Crippen molar-refractivity contribution < 1.29 is 9.72 Å². The molecule has 9 heteroatoms. The van der Waals surface area contributed by atoms with Gasteiger partial charge in [0.1, 0.15) is 0 Å². The molecule has 0 unspecified atom stereocenters. The molecule has 2 rings (SSSR count). The van der Waals surface area contributed by atoms with Crippen LogP contribution in [0.15, 0.2) is 47.6 Å². The quantitative estimate of drug-likeness (QED) is 0.464. The molecule has 2 N–H and O–H groups in total. The lowest BCUT2D eigenvalue weighted by Crippen LogP contribution is -2.25. The van der Waals surface area contributed by atoms with Crippen LogP contribution < -0.4 is 10.7 Å². The Morgan fingerprint density at radius 3 is 2.50 bits per heavy atom. The van der Waals surface area contributed by atoms with Gasteiger partial charge in [-0.1, -0.05) is 23.2 Å². The molecular formula is C15H12Cl2N4O3. The molecule has 0 aliphatic heterocycles. The van der Waals surface area contributed by atoms with Gasteiger partial charge in [-0.15, -0.1) is 0 Å². The smallest absolute Gasteiger partial charge is 0.269 e. The van der Waals surface area contributed by atoms with Crippen LogP contribution in [0.25, 0.3) is 0 Å². The number of rotatable bonds is 6. The van der Waals surface area contributed by atoms with Crippen LogP contribution in [0, 0.1) is 10.1 Å². The van der Waals surface area contributed by atoms with Crippen molar-refractivity contribution in [3.05, 3.63) is 68.2 Å². The highest BCUT2D eigenvalue weighted by Crippen LogP contribution is 2.24. The third-order valence-corrected chi connectivity index (χ3v) is 3.62. The van der Waals surface area contributed by atoms with Crippen LogP contribution in [0.2, 0.25) is 10.0 Å². The van der Waals surface area contributed by atoms with Gasteiger partial charge >= 0.3 is 0 Å². The van der Waals surface area contributed by atoms with Crippen LogP contribution in [-0.2, 0) is 4.79 Å². The second kappa shape index (κ2) is 8.28. The van der Waals surface area contributed by atoms with Crippen molar-refractivity contribution in [2.75, 3.05) is 11.9 Å². The molecule has 0 saturated carbocycles. The predicted octanol–water partition coefficient (Wildman–Crippen LogP) is 3.46. The van der Waals surface area contributed by atoms with Gasteiger partial charge in [0.25, 0.3) is 11.6 Å². The molecule has 2 aromatic carbocycles. The van der Waals surface area contributed by atoms with Crippen LogP contribution >= 0.6 is 23.2 Å². The first-order valence-electron chi connectivity index (χ1n) is 6.71. The average Bonchev–Trinajstić information content (AvgIpc) is 2.56. The van der Waals surface area contributed by atoms with Gasteiger partial charge in [-0.2, -0.15) is 5.10 Å². The van der Waals surface area contributed by atoms with E-state index in [1.165, 1.54) is 30.5 Å². The largest absolute Gasteiger partial charge is 0.376 e. The lowest BCUT2D eigenvalue weighted by atomic mass is 10.2. The molecule has 124 valence electrons. The van der Waals surface area contributed by atoms with E-state index in [0.717, 1.165) is 0 Å². The van der Waals surface area contributed by atoms with Crippen LogP contribution in [0.3, 0.4) is 0 Å². The summed E-state index contributed by atoms with van der Waals surface area (Å²) in [6.45, 7) is -0.00440. The van der Waals surface area contributed by atoms with Crippen molar-refractivity contribution in [2.45, 2.75) is 0 Å². The molecule has 0 aliphatic carbocycles. The summed E-state index contributed by atoms with van der Waals surface area (Å²) in [7, 11) is 0. The van der Waals surface area contributed by atoms with Gasteiger partial charge in [-0.25, -0.2) is 5.43 Å². The summed E-state index contributed by atoms with van der Waals surface area (Å²) in [4.78, 5) is 21.7. The molecule has 7 nitrogen and oxygen atoms in total. The van der Waals surface area contributed by atoms with Gasteiger partial charge < -0.3 is 5.32 Å². The zero-order valence-electron chi connectivity index (χ0n) is 12.2. The number of amides is 1. The number of carbonyl (C=O) groups excluding carboxylic acids is 1. The highest BCUT2D eigenvalue weighted by Gasteiger charge is 2.04. The predicted molar refractivity (Wildman–Crippen MR) is 93.8 cm³/mol. The van der Waals surface area contributed by atoms with Crippen molar-refractivity contribution in [3.8, 4) is 0 Å². The molecule has 0 heterocycles. The number of nitrogens with one attached hydrogen (secondary N) is 2. The molecule has 0 radical (unpaired) electrons. The first-order valence-corrected chi connectivity index (χ1v) is 7.46. The number of nitro benzene ring substituents is 1. The van der Waals surface area contributed by atoms with E-state index in [4.69, 9.17) is 23.2 Å². The van der Waals surface area contributed by atoms with E-state index in [9.17, 15) is 14.9 Å². The summed E-state index contributed by atoms with van der Waals surface area (Å²) in [5.74, 6) is -0.362. The third kappa shape index (κ3) is 5.22. The SMILES string of the molecule is O=C(CNc1ccc(Cl)c(Cl)c1)N/N=C/c1ccc([N+](=O)[O-])cc1. The summed E-state index contributed by atoms with van der Waals surface area (Å²) in [5, 5.41) is 18.0. The first-order chi connectivity index (χ1) is 11.5. The summed E-state index contributed by atoms with van der Waals surface area (Å²) >= 11 is 11.7. The molecule has 0 saturated heterocycles. The Bertz CT molecular complexity index is 779. The fraction of sp³-hybridized carbons (Fsp3) is 0.0667. The molecule has 0 atom stereocenters. The monoisotopic (exact) mass is 366 g/mol. The van der Waals surface area contributed by atoms with Crippen LogP contribution in [0.5, 0.6) is 0 Å². The average molecular weight is 367 g/mol. The molecular weight excluding hydrogens is 355 g/mol. The number of anilines is 1. The van der Waals surface area contributed by atoms with Crippen molar-refractivity contribution in [1.82, 2.24) is 5.43 Å². The lowest BCUT2D eigenvalue weighted by Gasteiger charge is -2.06. The molecule has 1 amide bonds. The van der Waals surface area contributed by atoms with Crippen molar-refractivity contribution in [1.29, 1.82) is 0 Å². The molecule has 2 aromatic rings. The van der Waals surface area contributed by atoms with E-state index in [-0.39, 0.29) is 18.1 Å². The van der Waals surface area contributed by atoms with E-state index in [1.807, 2.05) is 0 Å². The second-order valence-electron chi connectivity index (χ2n) is 4.62. The number of nitro groups is 1. The van der Waals surface area contributed by atoms with Gasteiger partial charge in [-0.05, 0) is 35.9 Å². The van der Waals surface area contributed by atoms with Crippen LogP contribution in [-0.4, -0.2) is 23.6 Å². The number of hydrogen-bond donors (Lipinski definition) is 2. The Hall–Kier alpha value is -2.64. The maximum atomic E-state index is 11.7. The maximum absolute atomic E-state index is 11.7. The Balaban J connectivity index is 1.81. The Morgan fingerprint density at radius 2 is 1.88 bits per heavy atom. The number of carbonyl (C=O) groups is 1. The zero-order valence-corrected chi connectivity index (χ0v) is 13.7. The summed E-state index contributed by atoms with van der Waals surface area (Å²) < 4.78 is 0. The first kappa shape index (κ1) is 17.7. The lowest BCUT2D eigenvalue weighted by molar-refractivity contribution is -0.384. The highest BCUT2D eigenvalue weighted by molar-refractivity contribution is 6.42. The molecule has 0 aromatic heterocycles. The van der Waals surface area contributed by atoms with E-state index >= 15 is 0 Å². The standard InChI is InChI=1S/C15H12Cl2N4O3/c16-13-6-3-11(7-14(13)17)18-9-15(22)20-19-8-10-1-4-12(5-2-10)21(23)24/h1-8,18H,9H2,(H,20,22)/b19-8+. The Kier molecular flexibility index (Phi) is 6.11.